The third-order valence-electron chi connectivity index (χ3n) is 2.27. The van der Waals surface area contributed by atoms with Crippen molar-refractivity contribution < 1.29 is 4.74 Å². The lowest BCUT2D eigenvalue weighted by molar-refractivity contribution is 0.0896. The van der Waals surface area contributed by atoms with E-state index in [1.807, 2.05) is 0 Å². The van der Waals surface area contributed by atoms with E-state index in [0.29, 0.717) is 6.23 Å². The van der Waals surface area contributed by atoms with Gasteiger partial charge in [0.15, 0.2) is 0 Å². The maximum absolute atomic E-state index is 5.60. The summed E-state index contributed by atoms with van der Waals surface area (Å²) < 4.78 is 5.60. The molecular formula is C10H21NO. The van der Waals surface area contributed by atoms with Crippen molar-refractivity contribution in [3.05, 3.63) is 0 Å². The van der Waals surface area contributed by atoms with Crippen molar-refractivity contribution in [3.8, 4) is 0 Å². The van der Waals surface area contributed by atoms with Crippen molar-refractivity contribution in [2.24, 2.45) is 0 Å². The molecule has 0 aromatic rings. The molecule has 0 radical (unpaired) electrons. The molecule has 0 aliphatic carbocycles. The first-order valence-corrected chi connectivity index (χ1v) is 5.03. The Labute approximate surface area is 75.7 Å². The molecule has 2 nitrogen and oxygen atoms in total. The number of nitrogens with one attached hydrogen (secondary N) is 1. The van der Waals surface area contributed by atoms with E-state index in [-0.39, 0.29) is 5.54 Å². The van der Waals surface area contributed by atoms with Gasteiger partial charge in [-0.15, -0.1) is 0 Å². The van der Waals surface area contributed by atoms with Gasteiger partial charge < -0.3 is 4.74 Å². The second kappa shape index (κ2) is 4.24. The van der Waals surface area contributed by atoms with Gasteiger partial charge in [-0.05, 0) is 26.7 Å². The van der Waals surface area contributed by atoms with Crippen molar-refractivity contribution in [2.45, 2.75) is 58.2 Å². The Morgan fingerprint density at radius 2 is 2.17 bits per heavy atom. The van der Waals surface area contributed by atoms with Gasteiger partial charge in [0, 0.05) is 5.54 Å². The number of rotatable bonds is 4. The Morgan fingerprint density at radius 3 is 2.67 bits per heavy atom. The number of ether oxygens (including phenoxy) is 1. The van der Waals surface area contributed by atoms with Crippen LogP contribution >= 0.6 is 0 Å². The Bertz CT molecular complexity index is 134. The highest BCUT2D eigenvalue weighted by atomic mass is 16.5. The minimum atomic E-state index is 0.191. The summed E-state index contributed by atoms with van der Waals surface area (Å²) in [6.45, 7) is 7.45. The van der Waals surface area contributed by atoms with E-state index in [4.69, 9.17) is 4.74 Å². The van der Waals surface area contributed by atoms with Crippen LogP contribution in [0.25, 0.3) is 0 Å². The average Bonchev–Trinajstić information content (AvgIpc) is 2.31. The highest BCUT2D eigenvalue weighted by molar-refractivity contribution is 4.84. The standard InChI is InChI=1S/C10H21NO/c1-4-5-6-7-9-11-10(2,3)8-12-9/h9,11H,4-8H2,1-3H3/t9-/m0/s1. The van der Waals surface area contributed by atoms with Crippen molar-refractivity contribution in [1.82, 2.24) is 5.32 Å². The van der Waals surface area contributed by atoms with Gasteiger partial charge in [0.05, 0.1) is 6.61 Å². The van der Waals surface area contributed by atoms with Crippen molar-refractivity contribution in [2.75, 3.05) is 6.61 Å². The molecule has 1 aliphatic rings. The van der Waals surface area contributed by atoms with Crippen molar-refractivity contribution in [1.29, 1.82) is 0 Å². The van der Waals surface area contributed by atoms with Gasteiger partial charge in [-0.25, -0.2) is 0 Å². The quantitative estimate of drug-likeness (QED) is 0.655. The molecule has 0 amide bonds. The summed E-state index contributed by atoms with van der Waals surface area (Å²) in [4.78, 5) is 0. The van der Waals surface area contributed by atoms with Crippen LogP contribution in [0.3, 0.4) is 0 Å². The second-order valence-electron chi connectivity index (χ2n) is 4.32. The van der Waals surface area contributed by atoms with Crippen LogP contribution in [0.2, 0.25) is 0 Å². The minimum absolute atomic E-state index is 0.191. The molecule has 12 heavy (non-hydrogen) atoms. The largest absolute Gasteiger partial charge is 0.361 e. The third-order valence-corrected chi connectivity index (χ3v) is 2.27. The van der Waals surface area contributed by atoms with Crippen LogP contribution in [-0.2, 0) is 4.74 Å². The number of hydrogen-bond donors (Lipinski definition) is 1. The molecular weight excluding hydrogens is 150 g/mol. The SMILES string of the molecule is CCCCC[C@H]1NC(C)(C)CO1. The zero-order valence-corrected chi connectivity index (χ0v) is 8.52. The van der Waals surface area contributed by atoms with E-state index < -0.39 is 0 Å². The molecule has 1 rings (SSSR count). The Hall–Kier alpha value is -0.0800. The molecule has 1 heterocycles. The normalized spacial score (nSPS) is 27.8. The first-order valence-electron chi connectivity index (χ1n) is 5.03. The van der Waals surface area contributed by atoms with E-state index in [0.717, 1.165) is 13.0 Å². The highest BCUT2D eigenvalue weighted by Gasteiger charge is 2.29. The zero-order chi connectivity index (χ0) is 9.03. The molecule has 1 N–H and O–H groups in total. The van der Waals surface area contributed by atoms with Crippen LogP contribution in [0, 0.1) is 0 Å². The number of unbranched alkanes of at least 4 members (excludes halogenated alkanes) is 2. The van der Waals surface area contributed by atoms with Crippen LogP contribution in [0.5, 0.6) is 0 Å². The van der Waals surface area contributed by atoms with Gasteiger partial charge in [-0.3, -0.25) is 5.32 Å². The van der Waals surface area contributed by atoms with Gasteiger partial charge in [0.2, 0.25) is 0 Å². The second-order valence-corrected chi connectivity index (χ2v) is 4.32. The predicted molar refractivity (Wildman–Crippen MR) is 51.1 cm³/mol. The summed E-state index contributed by atoms with van der Waals surface area (Å²) in [6.07, 6.45) is 5.37. The monoisotopic (exact) mass is 171 g/mol. The first-order chi connectivity index (χ1) is 5.64. The molecule has 72 valence electrons. The fraction of sp³-hybridized carbons (Fsp3) is 1.00. The van der Waals surface area contributed by atoms with Gasteiger partial charge in [0.1, 0.15) is 6.23 Å². The van der Waals surface area contributed by atoms with Crippen molar-refractivity contribution >= 4 is 0 Å². The lowest BCUT2D eigenvalue weighted by Gasteiger charge is -2.16. The molecule has 0 saturated carbocycles. The predicted octanol–water partition coefficient (Wildman–Crippen LogP) is 2.29. The van der Waals surface area contributed by atoms with Crippen LogP contribution in [0.15, 0.2) is 0 Å². The molecule has 0 aromatic heterocycles. The third kappa shape index (κ3) is 3.11. The molecule has 1 aliphatic heterocycles. The summed E-state index contributed by atoms with van der Waals surface area (Å²) in [5, 5.41) is 3.47. The van der Waals surface area contributed by atoms with Crippen LogP contribution in [-0.4, -0.2) is 18.4 Å². The molecule has 0 bridgehead atoms. The fourth-order valence-corrected chi connectivity index (χ4v) is 1.56. The maximum atomic E-state index is 5.60. The maximum Gasteiger partial charge on any atom is 0.108 e. The lowest BCUT2D eigenvalue weighted by atomic mass is 10.1. The van der Waals surface area contributed by atoms with E-state index in [1.54, 1.807) is 0 Å². The minimum Gasteiger partial charge on any atom is -0.361 e. The molecule has 1 saturated heterocycles. The van der Waals surface area contributed by atoms with E-state index in [9.17, 15) is 0 Å². The molecule has 0 aromatic carbocycles. The van der Waals surface area contributed by atoms with E-state index in [2.05, 4.69) is 26.1 Å². The van der Waals surface area contributed by atoms with Crippen LogP contribution in [0.1, 0.15) is 46.5 Å². The average molecular weight is 171 g/mol. The Morgan fingerprint density at radius 1 is 1.42 bits per heavy atom. The van der Waals surface area contributed by atoms with Gasteiger partial charge >= 0.3 is 0 Å². The van der Waals surface area contributed by atoms with Gasteiger partial charge in [-0.2, -0.15) is 0 Å². The topological polar surface area (TPSA) is 21.3 Å². The fourth-order valence-electron chi connectivity index (χ4n) is 1.56. The number of hydrogen-bond acceptors (Lipinski definition) is 2. The summed E-state index contributed by atoms with van der Waals surface area (Å²) in [6, 6.07) is 0. The highest BCUT2D eigenvalue weighted by Crippen LogP contribution is 2.17. The molecule has 2 heteroatoms. The zero-order valence-electron chi connectivity index (χ0n) is 8.52. The molecule has 1 atom stereocenters. The summed E-state index contributed by atoms with van der Waals surface area (Å²) >= 11 is 0. The first kappa shape index (κ1) is 10.0. The van der Waals surface area contributed by atoms with Crippen LogP contribution < -0.4 is 5.32 Å². The molecule has 0 spiro atoms. The summed E-state index contributed by atoms with van der Waals surface area (Å²) in [5.74, 6) is 0. The molecule has 0 unspecified atom stereocenters. The smallest absolute Gasteiger partial charge is 0.108 e. The Kier molecular flexibility index (Phi) is 3.53. The summed E-state index contributed by atoms with van der Waals surface area (Å²) in [5.41, 5.74) is 0.191. The Balaban J connectivity index is 2.11. The lowest BCUT2D eigenvalue weighted by Crippen LogP contribution is -2.38. The summed E-state index contributed by atoms with van der Waals surface area (Å²) in [7, 11) is 0. The van der Waals surface area contributed by atoms with E-state index >= 15 is 0 Å². The van der Waals surface area contributed by atoms with Gasteiger partial charge in [-0.1, -0.05) is 19.8 Å². The van der Waals surface area contributed by atoms with Crippen LogP contribution in [0.4, 0.5) is 0 Å². The molecule has 1 fully saturated rings. The van der Waals surface area contributed by atoms with Gasteiger partial charge in [0.25, 0.3) is 0 Å². The van der Waals surface area contributed by atoms with Crippen molar-refractivity contribution in [3.63, 3.8) is 0 Å². The van der Waals surface area contributed by atoms with E-state index in [1.165, 1.54) is 19.3 Å².